The zero-order valence-electron chi connectivity index (χ0n) is 12.6. The van der Waals surface area contributed by atoms with Gasteiger partial charge in [-0.15, -0.1) is 11.3 Å². The van der Waals surface area contributed by atoms with Gasteiger partial charge in [0.2, 0.25) is 0 Å². The third kappa shape index (κ3) is 2.12. The van der Waals surface area contributed by atoms with Crippen molar-refractivity contribution in [3.63, 3.8) is 0 Å². The Morgan fingerprint density at radius 3 is 2.48 bits per heavy atom. The van der Waals surface area contributed by atoms with Gasteiger partial charge in [-0.2, -0.15) is 0 Å². The normalized spacial score (nSPS) is 11.2. The summed E-state index contributed by atoms with van der Waals surface area (Å²) in [5.41, 5.74) is 0.791. The Bertz CT molecular complexity index is 1120. The van der Waals surface area contributed by atoms with E-state index in [0.717, 1.165) is 25.8 Å². The second kappa shape index (κ2) is 5.21. The number of rotatable bonds is 2. The zero-order chi connectivity index (χ0) is 16.0. The van der Waals surface area contributed by atoms with Crippen molar-refractivity contribution < 1.29 is 9.47 Å². The van der Waals surface area contributed by atoms with E-state index in [-0.39, 0.29) is 5.43 Å². The van der Waals surface area contributed by atoms with Gasteiger partial charge in [-0.3, -0.25) is 4.79 Å². The Balaban J connectivity index is 2.14. The van der Waals surface area contributed by atoms with Gasteiger partial charge in [0.1, 0.15) is 4.83 Å². The maximum absolute atomic E-state index is 12.7. The molecule has 0 aliphatic rings. The van der Waals surface area contributed by atoms with Crippen molar-refractivity contribution in [3.05, 3.63) is 52.7 Å². The molecule has 4 nitrogen and oxygen atoms in total. The van der Waals surface area contributed by atoms with Gasteiger partial charge in [0.05, 0.1) is 25.1 Å². The number of hydrogen-bond donors (Lipinski definition) is 0. The standard InChI is InChI=1S/C18H13NO3S/c1-21-14-8-10-7-12-17(20)11-5-3-4-6-16(11)23-18(12)19-13(10)9-15(14)22-2/h3-9H,1-2H3. The monoisotopic (exact) mass is 323 g/mol. The molecule has 0 N–H and O–H groups in total. The maximum atomic E-state index is 12.7. The molecule has 0 aliphatic carbocycles. The first-order valence-corrected chi connectivity index (χ1v) is 7.91. The minimum absolute atomic E-state index is 0.0125. The highest BCUT2D eigenvalue weighted by Crippen LogP contribution is 2.33. The van der Waals surface area contributed by atoms with Gasteiger partial charge in [-0.05, 0) is 24.3 Å². The second-order valence-electron chi connectivity index (χ2n) is 5.17. The van der Waals surface area contributed by atoms with Crippen LogP contribution < -0.4 is 14.9 Å². The van der Waals surface area contributed by atoms with Crippen molar-refractivity contribution in [2.45, 2.75) is 0 Å². The molecule has 0 fully saturated rings. The molecular weight excluding hydrogens is 310 g/mol. The van der Waals surface area contributed by atoms with E-state index < -0.39 is 0 Å². The van der Waals surface area contributed by atoms with E-state index in [2.05, 4.69) is 4.98 Å². The smallest absolute Gasteiger partial charge is 0.197 e. The molecular formula is C18H13NO3S. The molecule has 23 heavy (non-hydrogen) atoms. The third-order valence-electron chi connectivity index (χ3n) is 3.87. The molecule has 0 bridgehead atoms. The summed E-state index contributed by atoms with van der Waals surface area (Å²) in [6, 6.07) is 13.2. The molecule has 0 aliphatic heterocycles. The number of ether oxygens (including phenoxy) is 2. The van der Waals surface area contributed by atoms with Crippen LogP contribution in [-0.2, 0) is 0 Å². The molecule has 0 saturated carbocycles. The fourth-order valence-electron chi connectivity index (χ4n) is 2.72. The van der Waals surface area contributed by atoms with Crippen LogP contribution in [0.5, 0.6) is 11.5 Å². The first kappa shape index (κ1) is 14.0. The summed E-state index contributed by atoms with van der Waals surface area (Å²) in [5.74, 6) is 1.25. The van der Waals surface area contributed by atoms with Gasteiger partial charge in [0.25, 0.3) is 0 Å². The largest absolute Gasteiger partial charge is 0.493 e. The molecule has 0 spiro atoms. The molecule has 114 valence electrons. The van der Waals surface area contributed by atoms with E-state index in [0.29, 0.717) is 16.9 Å². The van der Waals surface area contributed by atoms with E-state index in [9.17, 15) is 4.79 Å². The van der Waals surface area contributed by atoms with Crippen LogP contribution >= 0.6 is 11.3 Å². The van der Waals surface area contributed by atoms with Gasteiger partial charge in [-0.25, -0.2) is 4.98 Å². The number of pyridine rings is 1. The molecule has 0 amide bonds. The predicted molar refractivity (Wildman–Crippen MR) is 94.0 cm³/mol. The summed E-state index contributed by atoms with van der Waals surface area (Å²) >= 11 is 1.52. The van der Waals surface area contributed by atoms with Crippen LogP contribution in [-0.4, -0.2) is 19.2 Å². The number of hydrogen-bond acceptors (Lipinski definition) is 5. The summed E-state index contributed by atoms with van der Waals surface area (Å²) in [7, 11) is 3.18. The molecule has 0 unspecified atom stereocenters. The molecule has 2 heterocycles. The second-order valence-corrected chi connectivity index (χ2v) is 6.20. The molecule has 2 aromatic heterocycles. The summed E-state index contributed by atoms with van der Waals surface area (Å²) in [6.45, 7) is 0. The highest BCUT2D eigenvalue weighted by molar-refractivity contribution is 7.24. The van der Waals surface area contributed by atoms with Crippen molar-refractivity contribution in [2.24, 2.45) is 0 Å². The fourth-order valence-corrected chi connectivity index (χ4v) is 3.75. The van der Waals surface area contributed by atoms with E-state index in [1.807, 2.05) is 42.5 Å². The van der Waals surface area contributed by atoms with E-state index in [4.69, 9.17) is 9.47 Å². The van der Waals surface area contributed by atoms with Crippen molar-refractivity contribution in [3.8, 4) is 11.5 Å². The highest BCUT2D eigenvalue weighted by atomic mass is 32.1. The average Bonchev–Trinajstić information content (AvgIpc) is 2.59. The van der Waals surface area contributed by atoms with E-state index >= 15 is 0 Å². The Hall–Kier alpha value is -2.66. The summed E-state index contributed by atoms with van der Waals surface area (Å²) in [5, 5.41) is 2.22. The van der Waals surface area contributed by atoms with Crippen LogP contribution in [0.3, 0.4) is 0 Å². The van der Waals surface area contributed by atoms with Gasteiger partial charge >= 0.3 is 0 Å². The number of benzene rings is 2. The van der Waals surface area contributed by atoms with Crippen LogP contribution in [0.2, 0.25) is 0 Å². The Morgan fingerprint density at radius 1 is 0.957 bits per heavy atom. The number of fused-ring (bicyclic) bond motifs is 3. The van der Waals surface area contributed by atoms with Crippen molar-refractivity contribution in [1.29, 1.82) is 0 Å². The molecule has 2 aromatic carbocycles. The number of aromatic nitrogens is 1. The minimum Gasteiger partial charge on any atom is -0.493 e. The number of methoxy groups -OCH3 is 2. The Kier molecular flexibility index (Phi) is 3.16. The lowest BCUT2D eigenvalue weighted by atomic mass is 10.1. The fraction of sp³-hybridized carbons (Fsp3) is 0.111. The lowest BCUT2D eigenvalue weighted by molar-refractivity contribution is 0.356. The van der Waals surface area contributed by atoms with Crippen molar-refractivity contribution >= 4 is 42.5 Å². The van der Waals surface area contributed by atoms with Gasteiger partial charge in [0.15, 0.2) is 16.9 Å². The molecule has 5 heteroatoms. The first-order chi connectivity index (χ1) is 11.2. The van der Waals surface area contributed by atoms with Crippen LogP contribution in [0.4, 0.5) is 0 Å². The highest BCUT2D eigenvalue weighted by Gasteiger charge is 2.11. The lowest BCUT2D eigenvalue weighted by Crippen LogP contribution is -2.02. The van der Waals surface area contributed by atoms with Crippen LogP contribution in [0.1, 0.15) is 0 Å². The minimum atomic E-state index is 0.0125. The third-order valence-corrected chi connectivity index (χ3v) is 4.95. The summed E-state index contributed by atoms with van der Waals surface area (Å²) < 4.78 is 11.6. The Labute approximate surface area is 135 Å². The van der Waals surface area contributed by atoms with Crippen molar-refractivity contribution in [1.82, 2.24) is 4.98 Å². The Morgan fingerprint density at radius 2 is 1.70 bits per heavy atom. The van der Waals surface area contributed by atoms with Crippen LogP contribution in [0.25, 0.3) is 31.2 Å². The van der Waals surface area contributed by atoms with E-state index in [1.165, 1.54) is 11.3 Å². The van der Waals surface area contributed by atoms with Crippen LogP contribution in [0.15, 0.2) is 47.3 Å². The topological polar surface area (TPSA) is 48.4 Å². The number of nitrogens with zero attached hydrogens (tertiary/aromatic N) is 1. The molecule has 0 saturated heterocycles. The SMILES string of the molecule is COc1cc2cc3c(=O)c4ccccc4sc3nc2cc1OC. The lowest BCUT2D eigenvalue weighted by Gasteiger charge is -2.09. The summed E-state index contributed by atoms with van der Waals surface area (Å²) in [4.78, 5) is 18.1. The van der Waals surface area contributed by atoms with Gasteiger partial charge in [0, 0.05) is 21.5 Å². The quantitative estimate of drug-likeness (QED) is 0.524. The molecule has 4 aromatic rings. The van der Waals surface area contributed by atoms with E-state index in [1.54, 1.807) is 14.2 Å². The van der Waals surface area contributed by atoms with Crippen LogP contribution in [0, 0.1) is 0 Å². The maximum Gasteiger partial charge on any atom is 0.197 e. The molecule has 4 rings (SSSR count). The molecule has 0 atom stereocenters. The summed E-state index contributed by atoms with van der Waals surface area (Å²) in [6.07, 6.45) is 0. The zero-order valence-corrected chi connectivity index (χ0v) is 13.4. The molecule has 0 radical (unpaired) electrons. The van der Waals surface area contributed by atoms with Gasteiger partial charge < -0.3 is 9.47 Å². The first-order valence-electron chi connectivity index (χ1n) is 7.09. The van der Waals surface area contributed by atoms with Crippen molar-refractivity contribution in [2.75, 3.05) is 14.2 Å². The van der Waals surface area contributed by atoms with Gasteiger partial charge in [-0.1, -0.05) is 12.1 Å². The predicted octanol–water partition coefficient (Wildman–Crippen LogP) is 3.98. The average molecular weight is 323 g/mol.